The van der Waals surface area contributed by atoms with Crippen LogP contribution in [0.1, 0.15) is 18.4 Å². The second kappa shape index (κ2) is 5.18. The first kappa shape index (κ1) is 13.5. The molecule has 0 aliphatic heterocycles. The van der Waals surface area contributed by atoms with Gasteiger partial charge in [0.05, 0.1) is 19.3 Å². The van der Waals surface area contributed by atoms with Gasteiger partial charge in [-0.1, -0.05) is 12.1 Å². The molecule has 0 radical (unpaired) electrons. The minimum atomic E-state index is -3.27. The summed E-state index contributed by atoms with van der Waals surface area (Å²) in [5, 5.41) is 0. The third kappa shape index (κ3) is 4.07. The Morgan fingerprint density at radius 2 is 1.82 bits per heavy atom. The molecule has 1 aromatic carbocycles. The molecule has 1 rings (SSSR count). The van der Waals surface area contributed by atoms with Crippen molar-refractivity contribution >= 4 is 21.7 Å². The number of anilines is 1. The maximum Gasteiger partial charge on any atom is 0.312 e. The maximum atomic E-state index is 11.3. The molecule has 1 atom stereocenters. The molecule has 6 heteroatoms. The lowest BCUT2D eigenvalue weighted by Crippen LogP contribution is -2.12. The smallest absolute Gasteiger partial charge is 0.312 e. The third-order valence-corrected chi connectivity index (χ3v) is 2.88. The number of rotatable bonds is 4. The van der Waals surface area contributed by atoms with Crippen molar-refractivity contribution in [1.29, 1.82) is 0 Å². The van der Waals surface area contributed by atoms with Gasteiger partial charge >= 0.3 is 5.97 Å². The molecule has 0 aliphatic carbocycles. The summed E-state index contributed by atoms with van der Waals surface area (Å²) in [7, 11) is -1.94. The quantitative estimate of drug-likeness (QED) is 0.826. The largest absolute Gasteiger partial charge is 0.469 e. The van der Waals surface area contributed by atoms with Gasteiger partial charge in [0.2, 0.25) is 10.0 Å². The summed E-state index contributed by atoms with van der Waals surface area (Å²) >= 11 is 0. The van der Waals surface area contributed by atoms with Crippen LogP contribution in [0.3, 0.4) is 0 Å². The predicted molar refractivity (Wildman–Crippen MR) is 65.3 cm³/mol. The van der Waals surface area contributed by atoms with Gasteiger partial charge in [-0.2, -0.15) is 0 Å². The van der Waals surface area contributed by atoms with Crippen molar-refractivity contribution in [3.05, 3.63) is 29.8 Å². The molecule has 0 aliphatic rings. The normalized spacial score (nSPS) is 12.9. The Labute approximate surface area is 101 Å². The first-order valence-electron chi connectivity index (χ1n) is 4.99. The second-order valence-electron chi connectivity index (χ2n) is 3.74. The Morgan fingerprint density at radius 1 is 1.29 bits per heavy atom. The van der Waals surface area contributed by atoms with Gasteiger partial charge in [0.15, 0.2) is 0 Å². The number of ether oxygens (including phenoxy) is 1. The highest BCUT2D eigenvalue weighted by Crippen LogP contribution is 2.19. The summed E-state index contributed by atoms with van der Waals surface area (Å²) in [4.78, 5) is 11.3. The van der Waals surface area contributed by atoms with Crippen molar-refractivity contribution in [2.24, 2.45) is 0 Å². The summed E-state index contributed by atoms with van der Waals surface area (Å²) in [5.74, 6) is -0.693. The molecule has 94 valence electrons. The molecule has 0 heterocycles. The van der Waals surface area contributed by atoms with E-state index in [1.54, 1.807) is 31.2 Å². The van der Waals surface area contributed by atoms with Crippen LogP contribution in [0.25, 0.3) is 0 Å². The van der Waals surface area contributed by atoms with Crippen LogP contribution >= 0.6 is 0 Å². The number of hydrogen-bond acceptors (Lipinski definition) is 4. The minimum Gasteiger partial charge on any atom is -0.469 e. The number of methoxy groups -OCH3 is 1. The molecule has 1 N–H and O–H groups in total. The number of esters is 1. The monoisotopic (exact) mass is 257 g/mol. The van der Waals surface area contributed by atoms with E-state index in [4.69, 9.17) is 0 Å². The van der Waals surface area contributed by atoms with E-state index >= 15 is 0 Å². The lowest BCUT2D eigenvalue weighted by atomic mass is 10.0. The first-order chi connectivity index (χ1) is 7.83. The summed E-state index contributed by atoms with van der Waals surface area (Å²) < 4.78 is 29.0. The highest BCUT2D eigenvalue weighted by atomic mass is 32.2. The van der Waals surface area contributed by atoms with Crippen molar-refractivity contribution in [2.45, 2.75) is 12.8 Å². The fourth-order valence-corrected chi connectivity index (χ4v) is 1.93. The molecule has 0 fully saturated rings. The van der Waals surface area contributed by atoms with E-state index in [9.17, 15) is 13.2 Å². The lowest BCUT2D eigenvalue weighted by Gasteiger charge is -2.10. The van der Waals surface area contributed by atoms with E-state index in [1.165, 1.54) is 7.11 Å². The van der Waals surface area contributed by atoms with Gasteiger partial charge in [-0.3, -0.25) is 9.52 Å². The van der Waals surface area contributed by atoms with Crippen LogP contribution in [0.4, 0.5) is 5.69 Å². The zero-order valence-corrected chi connectivity index (χ0v) is 10.7. The Hall–Kier alpha value is -1.56. The molecule has 5 nitrogen and oxygen atoms in total. The summed E-state index contributed by atoms with van der Waals surface area (Å²) in [6.45, 7) is 1.73. The van der Waals surface area contributed by atoms with E-state index in [0.717, 1.165) is 11.8 Å². The second-order valence-corrected chi connectivity index (χ2v) is 5.49. The number of nitrogens with one attached hydrogen (secondary N) is 1. The number of benzene rings is 1. The first-order valence-corrected chi connectivity index (χ1v) is 6.88. The molecule has 0 aromatic heterocycles. The number of carbonyl (C=O) groups is 1. The van der Waals surface area contributed by atoms with Crippen LogP contribution < -0.4 is 4.72 Å². The Bertz CT molecular complexity index is 493. The number of hydrogen-bond donors (Lipinski definition) is 1. The zero-order chi connectivity index (χ0) is 13.1. The Morgan fingerprint density at radius 3 is 2.24 bits per heavy atom. The predicted octanol–water partition coefficient (Wildman–Crippen LogP) is 1.33. The topological polar surface area (TPSA) is 72.5 Å². The molecular weight excluding hydrogens is 242 g/mol. The summed E-state index contributed by atoms with van der Waals surface area (Å²) in [6.07, 6.45) is 1.08. The Balaban J connectivity index is 2.85. The third-order valence-electron chi connectivity index (χ3n) is 2.27. The van der Waals surface area contributed by atoms with Crippen LogP contribution in [0.15, 0.2) is 24.3 Å². The maximum absolute atomic E-state index is 11.3. The Kier molecular flexibility index (Phi) is 4.11. The standard InChI is InChI=1S/C11H15NO4S/c1-8(11(13)16-2)9-4-6-10(7-5-9)12-17(3,14)15/h4-8,12H,1-3H3. The molecule has 17 heavy (non-hydrogen) atoms. The lowest BCUT2D eigenvalue weighted by molar-refractivity contribution is -0.141. The van der Waals surface area contributed by atoms with Crippen molar-refractivity contribution in [3.63, 3.8) is 0 Å². The fraction of sp³-hybridized carbons (Fsp3) is 0.364. The SMILES string of the molecule is COC(=O)C(C)c1ccc(NS(C)(=O)=O)cc1. The van der Waals surface area contributed by atoms with Crippen molar-refractivity contribution in [3.8, 4) is 0 Å². The zero-order valence-electron chi connectivity index (χ0n) is 9.93. The number of sulfonamides is 1. The van der Waals surface area contributed by atoms with Crippen molar-refractivity contribution in [1.82, 2.24) is 0 Å². The number of carbonyl (C=O) groups excluding carboxylic acids is 1. The van der Waals surface area contributed by atoms with Gasteiger partial charge in [-0.25, -0.2) is 8.42 Å². The van der Waals surface area contributed by atoms with Crippen LogP contribution in [-0.2, 0) is 19.6 Å². The van der Waals surface area contributed by atoms with Gasteiger partial charge in [-0.05, 0) is 24.6 Å². The minimum absolute atomic E-state index is 0.325. The summed E-state index contributed by atoms with van der Waals surface area (Å²) in [6, 6.07) is 6.59. The molecular formula is C11H15NO4S. The molecule has 0 spiro atoms. The van der Waals surface area contributed by atoms with E-state index in [1.807, 2.05) is 0 Å². The molecule has 0 saturated carbocycles. The molecule has 0 saturated heterocycles. The molecule has 1 aromatic rings. The van der Waals surface area contributed by atoms with E-state index in [0.29, 0.717) is 5.69 Å². The average molecular weight is 257 g/mol. The van der Waals surface area contributed by atoms with Crippen LogP contribution in [0.2, 0.25) is 0 Å². The molecule has 1 unspecified atom stereocenters. The van der Waals surface area contributed by atoms with Crippen LogP contribution in [0, 0.1) is 0 Å². The summed E-state index contributed by atoms with van der Waals surface area (Å²) in [5.41, 5.74) is 1.24. The average Bonchev–Trinajstić information content (AvgIpc) is 2.26. The van der Waals surface area contributed by atoms with Gasteiger partial charge < -0.3 is 4.74 Å². The van der Waals surface area contributed by atoms with E-state index < -0.39 is 10.0 Å². The van der Waals surface area contributed by atoms with Crippen molar-refractivity contribution < 1.29 is 17.9 Å². The fourth-order valence-electron chi connectivity index (χ4n) is 1.37. The molecule has 0 amide bonds. The highest BCUT2D eigenvalue weighted by Gasteiger charge is 2.15. The van der Waals surface area contributed by atoms with Gasteiger partial charge in [0.25, 0.3) is 0 Å². The van der Waals surface area contributed by atoms with E-state index in [-0.39, 0.29) is 11.9 Å². The van der Waals surface area contributed by atoms with Crippen molar-refractivity contribution in [2.75, 3.05) is 18.1 Å². The highest BCUT2D eigenvalue weighted by molar-refractivity contribution is 7.92. The van der Waals surface area contributed by atoms with Crippen LogP contribution in [0.5, 0.6) is 0 Å². The van der Waals surface area contributed by atoms with Gasteiger partial charge in [0, 0.05) is 5.69 Å². The van der Waals surface area contributed by atoms with Gasteiger partial charge in [-0.15, -0.1) is 0 Å². The molecule has 0 bridgehead atoms. The van der Waals surface area contributed by atoms with Gasteiger partial charge in [0.1, 0.15) is 0 Å². The van der Waals surface area contributed by atoms with E-state index in [2.05, 4.69) is 9.46 Å². The van der Waals surface area contributed by atoms with Crippen LogP contribution in [-0.4, -0.2) is 27.8 Å².